The molecule has 2 heterocycles. The number of thiazole rings is 1. The Morgan fingerprint density at radius 1 is 1.32 bits per heavy atom. The molecule has 0 amide bonds. The van der Waals surface area contributed by atoms with Gasteiger partial charge in [0.2, 0.25) is 0 Å². The summed E-state index contributed by atoms with van der Waals surface area (Å²) in [5, 5.41) is 10.7. The first-order valence-corrected chi connectivity index (χ1v) is 6.74. The third kappa shape index (κ3) is 2.53. The summed E-state index contributed by atoms with van der Waals surface area (Å²) in [6.45, 7) is -0.143. The van der Waals surface area contributed by atoms with E-state index in [1.54, 1.807) is 6.20 Å². The van der Waals surface area contributed by atoms with Gasteiger partial charge in [0, 0.05) is 5.39 Å². The van der Waals surface area contributed by atoms with Crippen molar-refractivity contribution in [1.29, 1.82) is 0 Å². The highest BCUT2D eigenvalue weighted by Crippen LogP contribution is 2.32. The summed E-state index contributed by atoms with van der Waals surface area (Å²) in [6.07, 6.45) is 1.64. The van der Waals surface area contributed by atoms with Gasteiger partial charge in [-0.05, 0) is 12.1 Å². The number of halogens is 1. The lowest BCUT2D eigenvalue weighted by atomic mass is 10.2. The molecule has 19 heavy (non-hydrogen) atoms. The van der Waals surface area contributed by atoms with Crippen LogP contribution in [0.25, 0.3) is 10.9 Å². The van der Waals surface area contributed by atoms with Crippen LogP contribution in [0.1, 0.15) is 4.88 Å². The zero-order valence-corrected chi connectivity index (χ0v) is 11.3. The van der Waals surface area contributed by atoms with Gasteiger partial charge in [0.1, 0.15) is 10.9 Å². The minimum Gasteiger partial charge on any atom is -0.429 e. The zero-order chi connectivity index (χ0) is 13.2. The maximum atomic E-state index is 9.06. The van der Waals surface area contributed by atoms with Crippen molar-refractivity contribution in [3.8, 4) is 10.9 Å². The monoisotopic (exact) mass is 292 g/mol. The van der Waals surface area contributed by atoms with E-state index in [1.807, 2.05) is 30.3 Å². The number of para-hydroxylation sites is 1. The number of pyridine rings is 1. The molecule has 0 radical (unpaired) electrons. The molecule has 1 N–H and O–H groups in total. The SMILES string of the molecule is OCc1sc(Oc2cnc3ccccc3c2)nc1Cl. The molecular weight excluding hydrogens is 284 g/mol. The van der Waals surface area contributed by atoms with Crippen molar-refractivity contribution in [3.63, 3.8) is 0 Å². The lowest BCUT2D eigenvalue weighted by Crippen LogP contribution is -1.85. The Labute approximate surface area is 118 Å². The normalized spacial score (nSPS) is 10.8. The van der Waals surface area contributed by atoms with Crippen LogP contribution in [-0.2, 0) is 6.61 Å². The molecule has 0 unspecified atom stereocenters. The zero-order valence-electron chi connectivity index (χ0n) is 9.71. The molecule has 3 aromatic rings. The van der Waals surface area contributed by atoms with Crippen molar-refractivity contribution in [3.05, 3.63) is 46.6 Å². The van der Waals surface area contributed by atoms with Crippen LogP contribution in [0, 0.1) is 0 Å². The standard InChI is InChI=1S/C13H9ClN2O2S/c14-12-11(7-17)19-13(16-12)18-9-5-8-3-1-2-4-10(8)15-6-9/h1-6,17H,7H2. The third-order valence-electron chi connectivity index (χ3n) is 2.54. The Hall–Kier alpha value is -1.69. The van der Waals surface area contributed by atoms with Gasteiger partial charge in [0.25, 0.3) is 5.19 Å². The Bertz CT molecular complexity index is 729. The molecule has 2 aromatic heterocycles. The van der Waals surface area contributed by atoms with Crippen LogP contribution >= 0.6 is 22.9 Å². The maximum absolute atomic E-state index is 9.06. The minimum atomic E-state index is -0.143. The van der Waals surface area contributed by atoms with Crippen molar-refractivity contribution in [1.82, 2.24) is 9.97 Å². The van der Waals surface area contributed by atoms with Crippen molar-refractivity contribution < 1.29 is 9.84 Å². The van der Waals surface area contributed by atoms with Gasteiger partial charge in [-0.1, -0.05) is 41.1 Å². The molecule has 0 saturated heterocycles. The van der Waals surface area contributed by atoms with Crippen LogP contribution in [0.5, 0.6) is 10.9 Å². The molecule has 0 aliphatic heterocycles. The van der Waals surface area contributed by atoms with Crippen LogP contribution in [0.4, 0.5) is 0 Å². The molecule has 0 bridgehead atoms. The fraction of sp³-hybridized carbons (Fsp3) is 0.0769. The summed E-state index contributed by atoms with van der Waals surface area (Å²) < 4.78 is 5.60. The van der Waals surface area contributed by atoms with Crippen LogP contribution in [0.15, 0.2) is 36.5 Å². The molecule has 0 fully saturated rings. The van der Waals surface area contributed by atoms with E-state index >= 15 is 0 Å². The summed E-state index contributed by atoms with van der Waals surface area (Å²) in [6, 6.07) is 9.66. The van der Waals surface area contributed by atoms with Gasteiger partial charge < -0.3 is 9.84 Å². The first-order valence-electron chi connectivity index (χ1n) is 5.55. The minimum absolute atomic E-state index is 0.143. The number of nitrogens with zero attached hydrogens (tertiary/aromatic N) is 2. The number of aromatic nitrogens is 2. The molecule has 0 atom stereocenters. The van der Waals surface area contributed by atoms with Gasteiger partial charge >= 0.3 is 0 Å². The van der Waals surface area contributed by atoms with Crippen LogP contribution < -0.4 is 4.74 Å². The number of fused-ring (bicyclic) bond motifs is 1. The number of aliphatic hydroxyl groups is 1. The maximum Gasteiger partial charge on any atom is 0.280 e. The fourth-order valence-corrected chi connectivity index (χ4v) is 2.64. The van der Waals surface area contributed by atoms with Crippen molar-refractivity contribution in [2.45, 2.75) is 6.61 Å². The fourth-order valence-electron chi connectivity index (χ4n) is 1.66. The van der Waals surface area contributed by atoms with Crippen LogP contribution in [0.3, 0.4) is 0 Å². The molecule has 3 rings (SSSR count). The molecule has 6 heteroatoms. The van der Waals surface area contributed by atoms with E-state index < -0.39 is 0 Å². The molecule has 0 spiro atoms. The van der Waals surface area contributed by atoms with Crippen LogP contribution in [-0.4, -0.2) is 15.1 Å². The van der Waals surface area contributed by atoms with Gasteiger partial charge in [-0.2, -0.15) is 4.98 Å². The summed E-state index contributed by atoms with van der Waals surface area (Å²) >= 11 is 7.07. The molecule has 4 nitrogen and oxygen atoms in total. The Morgan fingerprint density at radius 2 is 2.16 bits per heavy atom. The van der Waals surface area contributed by atoms with Gasteiger partial charge in [-0.15, -0.1) is 0 Å². The van der Waals surface area contributed by atoms with E-state index in [0.717, 1.165) is 10.9 Å². The van der Waals surface area contributed by atoms with E-state index in [1.165, 1.54) is 11.3 Å². The third-order valence-corrected chi connectivity index (χ3v) is 3.89. The van der Waals surface area contributed by atoms with E-state index in [-0.39, 0.29) is 11.8 Å². The van der Waals surface area contributed by atoms with Crippen molar-refractivity contribution >= 4 is 33.8 Å². The smallest absolute Gasteiger partial charge is 0.280 e. The number of hydrogen-bond donors (Lipinski definition) is 1. The average molecular weight is 293 g/mol. The van der Waals surface area contributed by atoms with Gasteiger partial charge in [0.15, 0.2) is 0 Å². The molecule has 0 aliphatic rings. The number of hydrogen-bond acceptors (Lipinski definition) is 5. The quantitative estimate of drug-likeness (QED) is 0.801. The lowest BCUT2D eigenvalue weighted by Gasteiger charge is -2.02. The average Bonchev–Trinajstić information content (AvgIpc) is 2.78. The molecule has 96 valence electrons. The van der Waals surface area contributed by atoms with E-state index in [0.29, 0.717) is 15.8 Å². The van der Waals surface area contributed by atoms with Gasteiger partial charge in [-0.3, -0.25) is 4.98 Å². The Kier molecular flexibility index (Phi) is 3.33. The highest BCUT2D eigenvalue weighted by Gasteiger charge is 2.10. The van der Waals surface area contributed by atoms with Crippen molar-refractivity contribution in [2.24, 2.45) is 0 Å². The predicted molar refractivity (Wildman–Crippen MR) is 74.9 cm³/mol. The molecule has 0 aliphatic carbocycles. The van der Waals surface area contributed by atoms with Gasteiger partial charge in [-0.25, -0.2) is 0 Å². The van der Waals surface area contributed by atoms with E-state index in [9.17, 15) is 0 Å². The first kappa shape index (κ1) is 12.3. The highest BCUT2D eigenvalue weighted by molar-refractivity contribution is 7.13. The molecule has 1 aromatic carbocycles. The summed E-state index contributed by atoms with van der Waals surface area (Å²) in [7, 11) is 0. The van der Waals surface area contributed by atoms with Crippen LogP contribution in [0.2, 0.25) is 5.15 Å². The topological polar surface area (TPSA) is 55.2 Å². The first-order chi connectivity index (χ1) is 9.26. The van der Waals surface area contributed by atoms with Crippen molar-refractivity contribution in [2.75, 3.05) is 0 Å². The Balaban J connectivity index is 1.91. The second-order valence-electron chi connectivity index (χ2n) is 3.82. The summed E-state index contributed by atoms with van der Waals surface area (Å²) in [5.41, 5.74) is 0.906. The molecular formula is C13H9ClN2O2S. The number of rotatable bonds is 3. The number of aliphatic hydroxyl groups excluding tert-OH is 1. The number of benzene rings is 1. The van der Waals surface area contributed by atoms with E-state index in [4.69, 9.17) is 21.4 Å². The highest BCUT2D eigenvalue weighted by atomic mass is 35.5. The summed E-state index contributed by atoms with van der Waals surface area (Å²) in [4.78, 5) is 8.92. The molecule has 0 saturated carbocycles. The van der Waals surface area contributed by atoms with Gasteiger partial charge in [0.05, 0.1) is 23.2 Å². The lowest BCUT2D eigenvalue weighted by molar-refractivity contribution is 0.285. The second-order valence-corrected chi connectivity index (χ2v) is 5.22. The summed E-state index contributed by atoms with van der Waals surface area (Å²) in [5.74, 6) is 0.591. The largest absolute Gasteiger partial charge is 0.429 e. The van der Waals surface area contributed by atoms with E-state index in [2.05, 4.69) is 9.97 Å². The Morgan fingerprint density at radius 3 is 2.95 bits per heavy atom. The second kappa shape index (κ2) is 5.13. The predicted octanol–water partition coefficient (Wildman–Crippen LogP) is 3.63. The number of ether oxygens (including phenoxy) is 1.